The number of benzene rings is 2. The molecule has 4 aromatic rings. The molecular weight excluding hydrogens is 721 g/mol. The molecule has 16 heteroatoms. The summed E-state index contributed by atoms with van der Waals surface area (Å²) >= 11 is 17.1. The van der Waals surface area contributed by atoms with Crippen molar-refractivity contribution in [3.63, 3.8) is 0 Å². The first-order valence-electron chi connectivity index (χ1n) is 13.0. The molecule has 43 heavy (non-hydrogen) atoms. The Morgan fingerprint density at radius 3 is 2.12 bits per heavy atom. The highest BCUT2D eigenvalue weighted by molar-refractivity contribution is 9.10. The Balaban J connectivity index is 1.39. The number of nitrogens with zero attached hydrogens (tertiary/aromatic N) is 5. The number of amides is 1. The van der Waals surface area contributed by atoms with E-state index in [1.54, 1.807) is 30.5 Å². The molecule has 2 aromatic carbocycles. The molecule has 1 saturated heterocycles. The maximum atomic E-state index is 14.2. The number of carbonyl (C=O) groups is 1. The average molecular weight is 746 g/mol. The zero-order valence-electron chi connectivity index (χ0n) is 22.5. The minimum atomic E-state index is -4.21. The van der Waals surface area contributed by atoms with Gasteiger partial charge in [-0.1, -0.05) is 57.3 Å². The molecule has 2 aliphatic rings. The summed E-state index contributed by atoms with van der Waals surface area (Å²) in [6.07, 6.45) is 1.41. The molecule has 0 saturated carbocycles. The Morgan fingerprint density at radius 1 is 0.930 bits per heavy atom. The number of thiophene rings is 1. The number of carbonyl (C=O) groups excluding carboxylic acids is 1. The minimum absolute atomic E-state index is 0.0112. The van der Waals surface area contributed by atoms with Gasteiger partial charge in [0.2, 0.25) is 5.95 Å². The summed E-state index contributed by atoms with van der Waals surface area (Å²) in [5.41, 5.74) is -0.230. The highest BCUT2D eigenvalue weighted by atomic mass is 79.9. The predicted molar refractivity (Wildman–Crippen MR) is 169 cm³/mol. The smallest absolute Gasteiger partial charge is 0.260 e. The second-order valence-electron chi connectivity index (χ2n) is 10.3. The molecule has 6 rings (SSSR count). The number of hydrogen-bond donors (Lipinski definition) is 0. The van der Waals surface area contributed by atoms with Crippen LogP contribution >= 0.6 is 50.5 Å². The fourth-order valence-electron chi connectivity index (χ4n) is 5.43. The third-order valence-electron chi connectivity index (χ3n) is 7.53. The van der Waals surface area contributed by atoms with Gasteiger partial charge in [0.05, 0.1) is 11.9 Å². The summed E-state index contributed by atoms with van der Waals surface area (Å²) in [5, 5.41) is 2.12. The highest BCUT2D eigenvalue weighted by Gasteiger charge is 2.52. The Kier molecular flexibility index (Phi) is 8.04. The maximum absolute atomic E-state index is 14.2. The van der Waals surface area contributed by atoms with Crippen LogP contribution in [0.4, 0.5) is 11.6 Å². The lowest BCUT2D eigenvalue weighted by molar-refractivity contribution is -0.124. The number of imidazole rings is 1. The lowest BCUT2D eigenvalue weighted by Crippen LogP contribution is -2.51. The molecule has 0 aliphatic carbocycles. The van der Waals surface area contributed by atoms with E-state index in [0.29, 0.717) is 15.7 Å². The van der Waals surface area contributed by atoms with Crippen molar-refractivity contribution in [3.05, 3.63) is 86.3 Å². The zero-order valence-corrected chi connectivity index (χ0v) is 28.1. The van der Waals surface area contributed by atoms with E-state index < -0.39 is 31.5 Å². The van der Waals surface area contributed by atoms with Crippen LogP contribution in [0.15, 0.2) is 79.9 Å². The molecule has 0 bridgehead atoms. The fourth-order valence-corrected chi connectivity index (χ4v) is 10.4. The number of anilines is 2. The van der Waals surface area contributed by atoms with Crippen molar-refractivity contribution in [1.29, 1.82) is 0 Å². The van der Waals surface area contributed by atoms with Crippen LogP contribution in [0.2, 0.25) is 10.0 Å². The Morgan fingerprint density at radius 2 is 1.53 bits per heavy atom. The third-order valence-corrected chi connectivity index (χ3v) is 13.6. The van der Waals surface area contributed by atoms with Gasteiger partial charge >= 0.3 is 0 Å². The number of halogens is 3. The van der Waals surface area contributed by atoms with Gasteiger partial charge in [-0.2, -0.15) is 8.61 Å². The normalized spacial score (nSPS) is 20.1. The Bertz CT molecular complexity index is 1910. The number of aromatic nitrogens is 2. The molecule has 1 unspecified atom stereocenters. The van der Waals surface area contributed by atoms with E-state index in [1.807, 2.05) is 24.3 Å². The van der Waals surface area contributed by atoms with Gasteiger partial charge < -0.3 is 0 Å². The van der Waals surface area contributed by atoms with Crippen LogP contribution < -0.4 is 4.90 Å². The zero-order chi connectivity index (χ0) is 30.7. The van der Waals surface area contributed by atoms with Gasteiger partial charge in [0.1, 0.15) is 9.75 Å². The van der Waals surface area contributed by atoms with E-state index in [1.165, 1.54) is 36.4 Å². The fraction of sp³-hybridized carbons (Fsp3) is 0.259. The first kappa shape index (κ1) is 30.7. The number of sulfonamides is 2. The molecule has 2 aliphatic heterocycles. The van der Waals surface area contributed by atoms with Crippen molar-refractivity contribution in [2.45, 2.75) is 28.1 Å². The number of rotatable bonds is 7. The first-order valence-corrected chi connectivity index (χ1v) is 18.3. The summed E-state index contributed by atoms with van der Waals surface area (Å²) < 4.78 is 59.4. The summed E-state index contributed by atoms with van der Waals surface area (Å²) in [6, 6.07) is 15.3. The quantitative estimate of drug-likeness (QED) is 0.253. The molecule has 10 nitrogen and oxygen atoms in total. The van der Waals surface area contributed by atoms with Crippen LogP contribution in [0, 0.1) is 0 Å². The van der Waals surface area contributed by atoms with Crippen molar-refractivity contribution >= 4 is 88.1 Å². The van der Waals surface area contributed by atoms with Gasteiger partial charge in [0.15, 0.2) is 5.03 Å². The topological polar surface area (TPSA) is 113 Å². The number of hydrogen-bond acceptors (Lipinski definition) is 7. The van der Waals surface area contributed by atoms with Crippen molar-refractivity contribution in [3.8, 4) is 0 Å². The van der Waals surface area contributed by atoms with Crippen molar-refractivity contribution in [2.24, 2.45) is 0 Å². The highest BCUT2D eigenvalue weighted by Crippen LogP contribution is 2.45. The van der Waals surface area contributed by atoms with E-state index in [4.69, 9.17) is 23.2 Å². The van der Waals surface area contributed by atoms with Gasteiger partial charge in [-0.3, -0.25) is 9.36 Å². The molecule has 1 atom stereocenters. The molecule has 0 radical (unpaired) electrons. The van der Waals surface area contributed by atoms with Crippen molar-refractivity contribution in [2.75, 3.05) is 31.1 Å². The standard InChI is InChI=1S/C27H24BrCl2N5O5S3/c1-27(16-18-4-6-19(28)7-5-18)25(36)34(22-14-20(29)13-21(30)15-22)26-31-17-23(35(26)27)42(37,38)32-8-10-33(11-9-32)43(39,40)24-3-2-12-41-24/h2-7,12-15,17H,8-11,16H2,1H3. The van der Waals surface area contributed by atoms with Crippen LogP contribution in [-0.4, -0.2) is 67.1 Å². The second kappa shape index (κ2) is 11.2. The minimum Gasteiger partial charge on any atom is -0.284 e. The SMILES string of the molecule is CC1(Cc2ccc(Br)cc2)C(=O)N(c2cc(Cl)cc(Cl)c2)c2ncc(S(=O)(=O)N3CCN(S(=O)(=O)c4cccs4)CC3)n21. The van der Waals surface area contributed by atoms with E-state index >= 15 is 0 Å². The molecule has 0 N–H and O–H groups in total. The van der Waals surface area contributed by atoms with Crippen LogP contribution in [0.5, 0.6) is 0 Å². The Hall–Kier alpha value is -2.30. The number of fused-ring (bicyclic) bond motifs is 1. The molecular formula is C27H24BrCl2N5O5S3. The third kappa shape index (κ3) is 5.35. The molecule has 4 heterocycles. The molecule has 1 amide bonds. The monoisotopic (exact) mass is 743 g/mol. The lowest BCUT2D eigenvalue weighted by Gasteiger charge is -2.33. The summed E-state index contributed by atoms with van der Waals surface area (Å²) in [7, 11) is -7.93. The maximum Gasteiger partial charge on any atom is 0.260 e. The van der Waals surface area contributed by atoms with Crippen LogP contribution in [0.1, 0.15) is 12.5 Å². The van der Waals surface area contributed by atoms with Crippen molar-refractivity contribution in [1.82, 2.24) is 18.2 Å². The van der Waals surface area contributed by atoms with Crippen LogP contribution in [-0.2, 0) is 36.8 Å². The summed E-state index contributed by atoms with van der Waals surface area (Å²) in [6.45, 7) is 1.54. The van der Waals surface area contributed by atoms with Gasteiger partial charge in [0, 0.05) is 47.1 Å². The average Bonchev–Trinajstić information content (AvgIpc) is 3.69. The summed E-state index contributed by atoms with van der Waals surface area (Å²) in [5.74, 6) is -0.291. The first-order chi connectivity index (χ1) is 20.3. The lowest BCUT2D eigenvalue weighted by atomic mass is 9.92. The molecule has 1 fully saturated rings. The molecule has 2 aromatic heterocycles. The largest absolute Gasteiger partial charge is 0.284 e. The molecule has 226 valence electrons. The van der Waals surface area contributed by atoms with Crippen LogP contribution in [0.25, 0.3) is 0 Å². The van der Waals surface area contributed by atoms with Crippen molar-refractivity contribution < 1.29 is 21.6 Å². The summed E-state index contributed by atoms with van der Waals surface area (Å²) in [4.78, 5) is 20.0. The second-order valence-corrected chi connectivity index (χ2v) is 17.1. The van der Waals surface area contributed by atoms with E-state index in [9.17, 15) is 21.6 Å². The van der Waals surface area contributed by atoms with Gasteiger partial charge in [-0.25, -0.2) is 26.7 Å². The van der Waals surface area contributed by atoms with Gasteiger partial charge in [0.25, 0.3) is 26.0 Å². The van der Waals surface area contributed by atoms with Gasteiger partial charge in [-0.05, 0) is 54.3 Å². The predicted octanol–water partition coefficient (Wildman–Crippen LogP) is 5.35. The molecule has 0 spiro atoms. The van der Waals surface area contributed by atoms with E-state index in [2.05, 4.69) is 20.9 Å². The van der Waals surface area contributed by atoms with Gasteiger partial charge in [-0.15, -0.1) is 11.3 Å². The van der Waals surface area contributed by atoms with E-state index in [-0.39, 0.29) is 47.8 Å². The Labute approximate surface area is 271 Å². The van der Waals surface area contributed by atoms with E-state index in [0.717, 1.165) is 21.4 Å². The number of piperazine rings is 1. The van der Waals surface area contributed by atoms with Crippen LogP contribution in [0.3, 0.4) is 0 Å².